The lowest BCUT2D eigenvalue weighted by Gasteiger charge is -2.21. The average molecular weight is 272 g/mol. The SMILES string of the molecule is C#[N+]NC(=O)CC[C@H](NC(=O)OC(C)(C)C)C(=O)O. The van der Waals surface area contributed by atoms with E-state index in [-0.39, 0.29) is 12.8 Å². The van der Waals surface area contributed by atoms with Gasteiger partial charge < -0.3 is 15.2 Å². The lowest BCUT2D eigenvalue weighted by Crippen LogP contribution is -2.43. The zero-order valence-electron chi connectivity index (χ0n) is 11.1. The van der Waals surface area contributed by atoms with Crippen molar-refractivity contribution < 1.29 is 24.2 Å². The van der Waals surface area contributed by atoms with Crippen LogP contribution in [0.1, 0.15) is 33.6 Å². The van der Waals surface area contributed by atoms with Crippen molar-refractivity contribution in [2.75, 3.05) is 0 Å². The third kappa shape index (κ3) is 8.43. The Hall–Kier alpha value is -2.30. The monoisotopic (exact) mass is 272 g/mol. The summed E-state index contributed by atoms with van der Waals surface area (Å²) < 4.78 is 4.92. The van der Waals surface area contributed by atoms with Crippen LogP contribution in [-0.4, -0.2) is 34.7 Å². The van der Waals surface area contributed by atoms with E-state index in [0.717, 1.165) is 0 Å². The molecule has 8 heteroatoms. The van der Waals surface area contributed by atoms with Crippen molar-refractivity contribution in [3.63, 3.8) is 0 Å². The van der Waals surface area contributed by atoms with Crippen molar-refractivity contribution in [3.05, 3.63) is 4.95 Å². The first-order valence-electron chi connectivity index (χ1n) is 5.57. The molecule has 0 fully saturated rings. The van der Waals surface area contributed by atoms with Crippen LogP contribution in [0.2, 0.25) is 0 Å². The smallest absolute Gasteiger partial charge is 0.408 e. The summed E-state index contributed by atoms with van der Waals surface area (Å²) in [5, 5.41) is 11.1. The predicted molar refractivity (Wildman–Crippen MR) is 66.5 cm³/mol. The fourth-order valence-corrected chi connectivity index (χ4v) is 1.11. The third-order valence-electron chi connectivity index (χ3n) is 1.84. The van der Waals surface area contributed by atoms with Crippen LogP contribution in [0, 0.1) is 6.57 Å². The fraction of sp³-hybridized carbons (Fsp3) is 0.636. The highest BCUT2D eigenvalue weighted by atomic mass is 16.6. The van der Waals surface area contributed by atoms with E-state index in [4.69, 9.17) is 16.4 Å². The molecule has 0 saturated heterocycles. The van der Waals surface area contributed by atoms with Crippen LogP contribution in [0.25, 0.3) is 4.95 Å². The number of carbonyl (C=O) groups excluding carboxylic acids is 2. The first-order chi connectivity index (χ1) is 8.65. The normalized spacial score (nSPS) is 11.9. The summed E-state index contributed by atoms with van der Waals surface area (Å²) in [4.78, 5) is 36.3. The maximum absolute atomic E-state index is 11.4. The Bertz CT molecular complexity index is 394. The molecule has 0 aliphatic carbocycles. The van der Waals surface area contributed by atoms with Gasteiger partial charge in [0.1, 0.15) is 11.6 Å². The number of nitrogens with one attached hydrogen (secondary N) is 2. The zero-order valence-corrected chi connectivity index (χ0v) is 11.1. The number of aliphatic carboxylic acids is 1. The highest BCUT2D eigenvalue weighted by Crippen LogP contribution is 2.07. The van der Waals surface area contributed by atoms with Crippen LogP contribution in [0.3, 0.4) is 0 Å². The number of nitrogens with zero attached hydrogens (tertiary/aromatic N) is 1. The minimum Gasteiger partial charge on any atom is -0.480 e. The Labute approximate surface area is 110 Å². The van der Waals surface area contributed by atoms with E-state index in [0.29, 0.717) is 0 Å². The molecular formula is C11H18N3O5+. The number of alkyl carbamates (subject to hydrolysis) is 1. The number of hydrogen-bond donors (Lipinski definition) is 3. The van der Waals surface area contributed by atoms with Crippen LogP contribution < -0.4 is 10.7 Å². The Morgan fingerprint density at radius 2 is 1.95 bits per heavy atom. The number of ether oxygens (including phenoxy) is 1. The Balaban J connectivity index is 4.36. The molecule has 0 aliphatic heterocycles. The Morgan fingerprint density at radius 1 is 1.37 bits per heavy atom. The van der Waals surface area contributed by atoms with Gasteiger partial charge in [-0.05, 0) is 32.6 Å². The highest BCUT2D eigenvalue weighted by molar-refractivity contribution is 5.82. The number of amides is 2. The van der Waals surface area contributed by atoms with Crippen LogP contribution >= 0.6 is 0 Å². The Kier molecular flexibility index (Phi) is 6.33. The second kappa shape index (κ2) is 7.20. The van der Waals surface area contributed by atoms with Gasteiger partial charge in [-0.15, -0.1) is 0 Å². The molecule has 106 valence electrons. The van der Waals surface area contributed by atoms with E-state index < -0.39 is 29.6 Å². The van der Waals surface area contributed by atoms with Crippen molar-refractivity contribution in [1.82, 2.24) is 10.7 Å². The van der Waals surface area contributed by atoms with Gasteiger partial charge in [-0.3, -0.25) is 4.79 Å². The molecule has 8 nitrogen and oxygen atoms in total. The van der Waals surface area contributed by atoms with Crippen LogP contribution in [0.4, 0.5) is 4.79 Å². The van der Waals surface area contributed by atoms with E-state index >= 15 is 0 Å². The number of carbonyl (C=O) groups is 3. The molecule has 0 heterocycles. The molecule has 0 aromatic carbocycles. The molecule has 0 radical (unpaired) electrons. The zero-order chi connectivity index (χ0) is 15.1. The van der Waals surface area contributed by atoms with Gasteiger partial charge in [0.25, 0.3) is 5.91 Å². The first kappa shape index (κ1) is 16.7. The molecule has 0 rings (SSSR count). The molecule has 1 atom stereocenters. The third-order valence-corrected chi connectivity index (χ3v) is 1.84. The second-order valence-electron chi connectivity index (χ2n) is 4.74. The van der Waals surface area contributed by atoms with E-state index in [1.54, 1.807) is 20.8 Å². The molecule has 0 saturated carbocycles. The average Bonchev–Trinajstić information content (AvgIpc) is 2.21. The molecule has 0 unspecified atom stereocenters. The molecule has 19 heavy (non-hydrogen) atoms. The fourth-order valence-electron chi connectivity index (χ4n) is 1.11. The van der Waals surface area contributed by atoms with Gasteiger partial charge in [0, 0.05) is 6.42 Å². The summed E-state index contributed by atoms with van der Waals surface area (Å²) in [7, 11) is 0. The van der Waals surface area contributed by atoms with Gasteiger partial charge in [-0.2, -0.15) is 0 Å². The predicted octanol–water partition coefficient (Wildman–Crippen LogP) is 0.738. The van der Waals surface area contributed by atoms with E-state index in [9.17, 15) is 14.4 Å². The van der Waals surface area contributed by atoms with Crippen molar-refractivity contribution in [2.45, 2.75) is 45.3 Å². The van der Waals surface area contributed by atoms with E-state index in [2.05, 4.69) is 10.3 Å². The summed E-state index contributed by atoms with van der Waals surface area (Å²) in [5.74, 6) is -1.80. The maximum Gasteiger partial charge on any atom is 0.408 e. The number of hydrogen-bond acceptors (Lipinski definition) is 4. The molecule has 0 aliphatic rings. The number of rotatable bonds is 5. The summed E-state index contributed by atoms with van der Waals surface area (Å²) in [6, 6.07) is -1.22. The van der Waals surface area contributed by atoms with Crippen molar-refractivity contribution in [2.24, 2.45) is 0 Å². The van der Waals surface area contributed by atoms with Gasteiger partial charge in [0.2, 0.25) is 0 Å². The molecule has 0 spiro atoms. The standard InChI is InChI=1S/C11H17N3O5/c1-11(2,3)19-10(18)13-7(9(16)17)5-6-8(15)14-12-4/h4,7H,5-6H2,1-3H3,(H2-,13,14,15,16,17,18)/p+1/t7-/m0/s1. The summed E-state index contributed by atoms with van der Waals surface area (Å²) in [6.07, 6.45) is -1.10. The van der Waals surface area contributed by atoms with Crippen molar-refractivity contribution in [3.8, 4) is 6.57 Å². The van der Waals surface area contributed by atoms with Crippen molar-refractivity contribution >= 4 is 18.0 Å². The van der Waals surface area contributed by atoms with Gasteiger partial charge in [-0.1, -0.05) is 0 Å². The summed E-state index contributed by atoms with van der Waals surface area (Å²) in [5.41, 5.74) is 1.23. The van der Waals surface area contributed by atoms with Gasteiger partial charge >= 0.3 is 18.6 Å². The van der Waals surface area contributed by atoms with Crippen molar-refractivity contribution in [1.29, 1.82) is 0 Å². The number of carboxylic acid groups (broad SMARTS) is 1. The minimum atomic E-state index is -1.26. The number of carboxylic acids is 1. The molecular weight excluding hydrogens is 254 g/mol. The first-order valence-corrected chi connectivity index (χ1v) is 5.57. The van der Waals surface area contributed by atoms with Gasteiger partial charge in [0.05, 0.1) is 4.95 Å². The lowest BCUT2D eigenvalue weighted by molar-refractivity contribution is -0.139. The topological polar surface area (TPSA) is 109 Å². The second-order valence-corrected chi connectivity index (χ2v) is 4.74. The molecule has 0 aromatic heterocycles. The quantitative estimate of drug-likeness (QED) is 0.639. The van der Waals surface area contributed by atoms with Gasteiger partial charge in [-0.25, -0.2) is 9.59 Å². The largest absolute Gasteiger partial charge is 0.480 e. The summed E-state index contributed by atoms with van der Waals surface area (Å²) in [6.45, 7) is 9.69. The molecule has 0 bridgehead atoms. The van der Waals surface area contributed by atoms with E-state index in [1.165, 1.54) is 0 Å². The maximum atomic E-state index is 11.4. The molecule has 0 aromatic rings. The lowest BCUT2D eigenvalue weighted by atomic mass is 10.1. The van der Waals surface area contributed by atoms with E-state index in [1.807, 2.05) is 5.43 Å². The minimum absolute atomic E-state index is 0.101. The highest BCUT2D eigenvalue weighted by Gasteiger charge is 2.24. The van der Waals surface area contributed by atoms with Crippen LogP contribution in [0.15, 0.2) is 0 Å². The molecule has 3 N–H and O–H groups in total. The van der Waals surface area contributed by atoms with Gasteiger partial charge in [0.15, 0.2) is 0 Å². The summed E-state index contributed by atoms with van der Waals surface area (Å²) >= 11 is 0. The van der Waals surface area contributed by atoms with Crippen LogP contribution in [-0.2, 0) is 14.3 Å². The molecule has 2 amide bonds. The Morgan fingerprint density at radius 3 is 2.37 bits per heavy atom. The van der Waals surface area contributed by atoms with Crippen LogP contribution in [0.5, 0.6) is 0 Å².